The molecule has 0 spiro atoms. The summed E-state index contributed by atoms with van der Waals surface area (Å²) in [5.41, 5.74) is 0. The van der Waals surface area contributed by atoms with Gasteiger partial charge in [0.15, 0.2) is 0 Å². The van der Waals surface area contributed by atoms with E-state index in [9.17, 15) is 4.79 Å². The fourth-order valence-corrected chi connectivity index (χ4v) is 0.916. The number of aliphatic hydroxyl groups is 1. The fourth-order valence-electron chi connectivity index (χ4n) is 0.916. The molecule has 0 unspecified atom stereocenters. The van der Waals surface area contributed by atoms with Crippen LogP contribution in [0.1, 0.15) is 6.42 Å². The molecule has 1 aliphatic rings. The quantitative estimate of drug-likeness (QED) is 0.475. The van der Waals surface area contributed by atoms with Crippen molar-refractivity contribution >= 4 is 6.09 Å². The Labute approximate surface area is 52.7 Å². The SMILES string of the molecule is O=C(O)N1CC[C@@H](O)C1. The molecule has 1 aliphatic heterocycles. The first-order valence-corrected chi connectivity index (χ1v) is 2.86. The third-order valence-corrected chi connectivity index (χ3v) is 1.43. The largest absolute Gasteiger partial charge is 0.465 e. The van der Waals surface area contributed by atoms with Crippen molar-refractivity contribution in [1.29, 1.82) is 0 Å². The second-order valence-electron chi connectivity index (χ2n) is 2.17. The van der Waals surface area contributed by atoms with E-state index in [1.165, 1.54) is 4.90 Å². The van der Waals surface area contributed by atoms with Gasteiger partial charge < -0.3 is 15.1 Å². The van der Waals surface area contributed by atoms with Gasteiger partial charge in [-0.3, -0.25) is 0 Å². The number of likely N-dealkylation sites (tertiary alicyclic amines) is 1. The predicted octanol–water partition coefficient (Wildman–Crippen LogP) is -0.269. The summed E-state index contributed by atoms with van der Waals surface area (Å²) in [6.07, 6.45) is -0.806. The Morgan fingerprint density at radius 2 is 2.33 bits per heavy atom. The maximum atomic E-state index is 10.2. The molecule has 0 aromatic heterocycles. The monoisotopic (exact) mass is 131 g/mol. The highest BCUT2D eigenvalue weighted by Gasteiger charge is 2.23. The molecule has 1 heterocycles. The van der Waals surface area contributed by atoms with Gasteiger partial charge in [-0.2, -0.15) is 0 Å². The highest BCUT2D eigenvalue weighted by molar-refractivity contribution is 5.65. The summed E-state index contributed by atoms with van der Waals surface area (Å²) >= 11 is 0. The molecule has 0 radical (unpaired) electrons. The Morgan fingerprint density at radius 1 is 1.67 bits per heavy atom. The molecular formula is C5H9NO3. The Morgan fingerprint density at radius 3 is 2.56 bits per heavy atom. The average Bonchev–Trinajstić information content (AvgIpc) is 2.14. The topological polar surface area (TPSA) is 60.8 Å². The Balaban J connectivity index is 2.39. The summed E-state index contributed by atoms with van der Waals surface area (Å²) in [5.74, 6) is 0. The minimum absolute atomic E-state index is 0.273. The summed E-state index contributed by atoms with van der Waals surface area (Å²) < 4.78 is 0. The van der Waals surface area contributed by atoms with Gasteiger partial charge in [0.1, 0.15) is 0 Å². The maximum absolute atomic E-state index is 10.2. The number of hydrogen-bond donors (Lipinski definition) is 2. The molecule has 9 heavy (non-hydrogen) atoms. The van der Waals surface area contributed by atoms with E-state index in [2.05, 4.69) is 0 Å². The number of carbonyl (C=O) groups is 1. The molecule has 2 N–H and O–H groups in total. The zero-order valence-electron chi connectivity index (χ0n) is 4.95. The first kappa shape index (κ1) is 6.35. The lowest BCUT2D eigenvalue weighted by Crippen LogP contribution is -2.27. The fraction of sp³-hybridized carbons (Fsp3) is 0.800. The van der Waals surface area contributed by atoms with Crippen LogP contribution in [0.15, 0.2) is 0 Å². The number of hydrogen-bond acceptors (Lipinski definition) is 2. The van der Waals surface area contributed by atoms with Gasteiger partial charge in [0.05, 0.1) is 6.10 Å². The van der Waals surface area contributed by atoms with Crippen LogP contribution < -0.4 is 0 Å². The number of rotatable bonds is 0. The Hall–Kier alpha value is -0.770. The second-order valence-corrected chi connectivity index (χ2v) is 2.17. The minimum Gasteiger partial charge on any atom is -0.465 e. The van der Waals surface area contributed by atoms with Crippen molar-refractivity contribution in [2.24, 2.45) is 0 Å². The Kier molecular flexibility index (Phi) is 1.57. The zero-order chi connectivity index (χ0) is 6.85. The van der Waals surface area contributed by atoms with Crippen LogP contribution in [-0.4, -0.2) is 40.4 Å². The molecule has 0 aromatic carbocycles. The minimum atomic E-state index is -0.938. The van der Waals surface area contributed by atoms with E-state index < -0.39 is 12.2 Å². The molecule has 4 nitrogen and oxygen atoms in total. The van der Waals surface area contributed by atoms with Crippen LogP contribution in [0, 0.1) is 0 Å². The molecule has 1 fully saturated rings. The van der Waals surface area contributed by atoms with E-state index in [4.69, 9.17) is 10.2 Å². The first-order chi connectivity index (χ1) is 4.20. The number of β-amino-alcohol motifs (C(OH)–C–C–N with tert-alkyl or cyclic N) is 1. The summed E-state index contributed by atoms with van der Waals surface area (Å²) in [4.78, 5) is 11.4. The van der Waals surface area contributed by atoms with Crippen molar-refractivity contribution < 1.29 is 15.0 Å². The number of carboxylic acid groups (broad SMARTS) is 1. The van der Waals surface area contributed by atoms with Crippen molar-refractivity contribution in [3.05, 3.63) is 0 Å². The lowest BCUT2D eigenvalue weighted by Gasteiger charge is -2.08. The molecule has 1 atom stereocenters. The molecule has 1 rings (SSSR count). The lowest BCUT2D eigenvalue weighted by molar-refractivity contribution is 0.140. The van der Waals surface area contributed by atoms with Crippen molar-refractivity contribution in [3.8, 4) is 0 Å². The van der Waals surface area contributed by atoms with Crippen molar-refractivity contribution in [2.45, 2.75) is 12.5 Å². The van der Waals surface area contributed by atoms with Crippen LogP contribution in [-0.2, 0) is 0 Å². The van der Waals surface area contributed by atoms with Crippen molar-refractivity contribution in [3.63, 3.8) is 0 Å². The van der Waals surface area contributed by atoms with E-state index in [-0.39, 0.29) is 6.54 Å². The molecule has 0 bridgehead atoms. The molecule has 1 amide bonds. The van der Waals surface area contributed by atoms with E-state index in [0.717, 1.165) is 0 Å². The second kappa shape index (κ2) is 2.23. The van der Waals surface area contributed by atoms with Crippen LogP contribution in [0.3, 0.4) is 0 Å². The van der Waals surface area contributed by atoms with E-state index in [1.54, 1.807) is 0 Å². The van der Waals surface area contributed by atoms with Gasteiger partial charge in [-0.25, -0.2) is 4.79 Å². The summed E-state index contributed by atoms with van der Waals surface area (Å²) in [5, 5.41) is 17.2. The van der Waals surface area contributed by atoms with Crippen molar-refractivity contribution in [1.82, 2.24) is 4.90 Å². The summed E-state index contributed by atoms with van der Waals surface area (Å²) in [6.45, 7) is 0.742. The zero-order valence-corrected chi connectivity index (χ0v) is 4.95. The average molecular weight is 131 g/mol. The van der Waals surface area contributed by atoms with Gasteiger partial charge in [-0.05, 0) is 6.42 Å². The van der Waals surface area contributed by atoms with Crippen LogP contribution in [0.4, 0.5) is 4.79 Å². The molecule has 4 heteroatoms. The lowest BCUT2D eigenvalue weighted by atomic mass is 10.3. The maximum Gasteiger partial charge on any atom is 0.407 e. The van der Waals surface area contributed by atoms with Gasteiger partial charge in [0.2, 0.25) is 0 Å². The van der Waals surface area contributed by atoms with Gasteiger partial charge in [0.25, 0.3) is 0 Å². The molecule has 0 aliphatic carbocycles. The van der Waals surface area contributed by atoms with E-state index in [1.807, 2.05) is 0 Å². The van der Waals surface area contributed by atoms with Crippen LogP contribution in [0.5, 0.6) is 0 Å². The third kappa shape index (κ3) is 1.32. The number of amides is 1. The molecule has 0 saturated carbocycles. The standard InChI is InChI=1S/C5H9NO3/c7-4-1-2-6(3-4)5(8)9/h4,7H,1-3H2,(H,8,9)/t4-/m1/s1. The summed E-state index contributed by atoms with van der Waals surface area (Å²) in [6, 6.07) is 0. The molecule has 0 aromatic rings. The van der Waals surface area contributed by atoms with Gasteiger partial charge in [0, 0.05) is 13.1 Å². The highest BCUT2D eigenvalue weighted by Crippen LogP contribution is 2.07. The molecular weight excluding hydrogens is 122 g/mol. The number of aliphatic hydroxyl groups excluding tert-OH is 1. The number of nitrogens with zero attached hydrogens (tertiary/aromatic N) is 1. The van der Waals surface area contributed by atoms with Crippen molar-refractivity contribution in [2.75, 3.05) is 13.1 Å². The van der Waals surface area contributed by atoms with E-state index in [0.29, 0.717) is 13.0 Å². The van der Waals surface area contributed by atoms with E-state index >= 15 is 0 Å². The summed E-state index contributed by atoms with van der Waals surface area (Å²) in [7, 11) is 0. The van der Waals surface area contributed by atoms with Gasteiger partial charge in [-0.15, -0.1) is 0 Å². The normalized spacial score (nSPS) is 26.8. The third-order valence-electron chi connectivity index (χ3n) is 1.43. The van der Waals surface area contributed by atoms with Crippen LogP contribution in [0.2, 0.25) is 0 Å². The Bertz CT molecular complexity index is 125. The molecule has 1 saturated heterocycles. The van der Waals surface area contributed by atoms with Gasteiger partial charge >= 0.3 is 6.09 Å². The van der Waals surface area contributed by atoms with Gasteiger partial charge in [-0.1, -0.05) is 0 Å². The smallest absolute Gasteiger partial charge is 0.407 e. The first-order valence-electron chi connectivity index (χ1n) is 2.86. The van der Waals surface area contributed by atoms with Crippen LogP contribution in [0.25, 0.3) is 0 Å². The van der Waals surface area contributed by atoms with Crippen LogP contribution >= 0.6 is 0 Å². The predicted molar refractivity (Wildman–Crippen MR) is 30.2 cm³/mol. The highest BCUT2D eigenvalue weighted by atomic mass is 16.4. The molecule has 52 valence electrons.